The van der Waals surface area contributed by atoms with Crippen LogP contribution in [-0.2, 0) is 0 Å². The van der Waals surface area contributed by atoms with Crippen molar-refractivity contribution in [2.24, 2.45) is 0 Å². The number of aryl methyl sites for hydroxylation is 1. The zero-order chi connectivity index (χ0) is 15.7. The van der Waals surface area contributed by atoms with Crippen molar-refractivity contribution >= 4 is 22.5 Å². The molecule has 112 valence electrons. The largest absolute Gasteiger partial charge is 0.495 e. The van der Waals surface area contributed by atoms with Gasteiger partial charge in [0.1, 0.15) is 11.6 Å². The van der Waals surface area contributed by atoms with Crippen LogP contribution in [0.4, 0.5) is 10.1 Å². The van der Waals surface area contributed by atoms with Crippen molar-refractivity contribution in [1.29, 1.82) is 0 Å². The monoisotopic (exact) mass is 298 g/mol. The summed E-state index contributed by atoms with van der Waals surface area (Å²) in [6.07, 6.45) is 0. The second-order valence-corrected chi connectivity index (χ2v) is 4.94. The average molecular weight is 298 g/mol. The highest BCUT2D eigenvalue weighted by Gasteiger charge is 2.18. The molecule has 0 aliphatic heterocycles. The van der Waals surface area contributed by atoms with Crippen LogP contribution < -0.4 is 10.1 Å². The van der Waals surface area contributed by atoms with E-state index in [4.69, 9.17) is 4.74 Å². The zero-order valence-electron chi connectivity index (χ0n) is 12.2. The van der Waals surface area contributed by atoms with E-state index in [2.05, 4.69) is 10.3 Å². The lowest BCUT2D eigenvalue weighted by Crippen LogP contribution is -2.13. The number of halogens is 1. The fourth-order valence-corrected chi connectivity index (χ4v) is 2.54. The van der Waals surface area contributed by atoms with Gasteiger partial charge in [-0.05, 0) is 25.1 Å². The third kappa shape index (κ3) is 2.30. The van der Waals surface area contributed by atoms with E-state index in [1.165, 1.54) is 13.2 Å². The Hall–Kier alpha value is -2.82. The number of aromatic nitrogens is 1. The van der Waals surface area contributed by atoms with Crippen LogP contribution in [0.3, 0.4) is 0 Å². The summed E-state index contributed by atoms with van der Waals surface area (Å²) in [4.78, 5) is 15.5. The maximum absolute atomic E-state index is 13.8. The fraction of sp³-hybridized carbons (Fsp3) is 0.118. The van der Waals surface area contributed by atoms with Crippen LogP contribution in [0.1, 0.15) is 16.1 Å². The number of para-hydroxylation sites is 3. The first-order chi connectivity index (χ1) is 10.6. The fourth-order valence-electron chi connectivity index (χ4n) is 2.54. The molecular formula is C17H15FN2O2. The predicted molar refractivity (Wildman–Crippen MR) is 83.9 cm³/mol. The molecule has 3 aromatic rings. The van der Waals surface area contributed by atoms with Gasteiger partial charge in [-0.1, -0.05) is 24.3 Å². The Labute approximate surface area is 126 Å². The van der Waals surface area contributed by atoms with Crippen molar-refractivity contribution < 1.29 is 13.9 Å². The molecule has 0 saturated heterocycles. The van der Waals surface area contributed by atoms with Gasteiger partial charge in [0.15, 0.2) is 0 Å². The minimum absolute atomic E-state index is 0.307. The van der Waals surface area contributed by atoms with Gasteiger partial charge < -0.3 is 15.0 Å². The lowest BCUT2D eigenvalue weighted by Gasteiger charge is -2.10. The predicted octanol–water partition coefficient (Wildman–Crippen LogP) is 3.88. The molecule has 5 heteroatoms. The van der Waals surface area contributed by atoms with Crippen molar-refractivity contribution in [1.82, 2.24) is 4.98 Å². The highest BCUT2D eigenvalue weighted by atomic mass is 19.1. The summed E-state index contributed by atoms with van der Waals surface area (Å²) in [7, 11) is 1.54. The van der Waals surface area contributed by atoms with Crippen molar-refractivity contribution in [3.05, 3.63) is 59.5 Å². The minimum atomic E-state index is -0.378. The first-order valence-electron chi connectivity index (χ1n) is 6.83. The van der Waals surface area contributed by atoms with Crippen LogP contribution in [0, 0.1) is 12.7 Å². The van der Waals surface area contributed by atoms with E-state index in [9.17, 15) is 9.18 Å². The smallest absolute Gasteiger partial charge is 0.258 e. The summed E-state index contributed by atoms with van der Waals surface area (Å²) < 4.78 is 19.0. The molecule has 0 radical (unpaired) electrons. The number of nitrogens with one attached hydrogen (secondary N) is 2. The van der Waals surface area contributed by atoms with Crippen LogP contribution in [0.5, 0.6) is 5.75 Å². The molecule has 0 aliphatic rings. The topological polar surface area (TPSA) is 54.1 Å². The summed E-state index contributed by atoms with van der Waals surface area (Å²) in [6, 6.07) is 11.8. The summed E-state index contributed by atoms with van der Waals surface area (Å²) in [5.41, 5.74) is 1.96. The number of amides is 1. The van der Waals surface area contributed by atoms with Crippen LogP contribution in [0.2, 0.25) is 0 Å². The molecule has 0 aliphatic carbocycles. The highest BCUT2D eigenvalue weighted by Crippen LogP contribution is 2.27. The number of carbonyl (C=O) groups excluding carboxylic acids is 1. The third-order valence-corrected chi connectivity index (χ3v) is 3.55. The van der Waals surface area contributed by atoms with Crippen molar-refractivity contribution in [3.8, 4) is 5.75 Å². The summed E-state index contributed by atoms with van der Waals surface area (Å²) >= 11 is 0. The van der Waals surface area contributed by atoms with E-state index < -0.39 is 0 Å². The van der Waals surface area contributed by atoms with Gasteiger partial charge in [0.05, 0.1) is 23.9 Å². The molecule has 0 bridgehead atoms. The van der Waals surface area contributed by atoms with Gasteiger partial charge in [-0.15, -0.1) is 0 Å². The molecule has 0 saturated carbocycles. The van der Waals surface area contributed by atoms with Gasteiger partial charge in [-0.25, -0.2) is 4.39 Å². The van der Waals surface area contributed by atoms with E-state index in [0.717, 1.165) is 0 Å². The molecule has 0 spiro atoms. The minimum Gasteiger partial charge on any atom is -0.495 e. The van der Waals surface area contributed by atoms with Gasteiger partial charge in [0, 0.05) is 11.1 Å². The Morgan fingerprint density at radius 2 is 1.95 bits per heavy atom. The second-order valence-electron chi connectivity index (χ2n) is 4.94. The molecule has 1 heterocycles. The summed E-state index contributed by atoms with van der Waals surface area (Å²) in [5.74, 6) is -0.115. The van der Waals surface area contributed by atoms with E-state index in [1.807, 2.05) is 6.07 Å². The Morgan fingerprint density at radius 1 is 1.18 bits per heavy atom. The Kier molecular flexibility index (Phi) is 3.55. The summed E-state index contributed by atoms with van der Waals surface area (Å²) in [6.45, 7) is 1.75. The number of ether oxygens (including phenoxy) is 1. The van der Waals surface area contributed by atoms with Crippen LogP contribution >= 0.6 is 0 Å². The molecular weight excluding hydrogens is 283 g/mol. The third-order valence-electron chi connectivity index (χ3n) is 3.55. The Balaban J connectivity index is 2.03. The molecule has 1 amide bonds. The zero-order valence-corrected chi connectivity index (χ0v) is 12.2. The van der Waals surface area contributed by atoms with Gasteiger partial charge >= 0.3 is 0 Å². The first-order valence-corrected chi connectivity index (χ1v) is 6.83. The molecule has 2 aromatic carbocycles. The first kappa shape index (κ1) is 14.1. The van der Waals surface area contributed by atoms with Gasteiger partial charge in [0.2, 0.25) is 0 Å². The number of fused-ring (bicyclic) bond motifs is 1. The lowest BCUT2D eigenvalue weighted by atomic mass is 10.1. The number of methoxy groups -OCH3 is 1. The lowest BCUT2D eigenvalue weighted by molar-refractivity contribution is 0.102. The number of carbonyl (C=O) groups is 1. The molecule has 4 nitrogen and oxygen atoms in total. The second kappa shape index (κ2) is 5.52. The van der Waals surface area contributed by atoms with E-state index >= 15 is 0 Å². The molecule has 1 aromatic heterocycles. The molecule has 0 atom stereocenters. The number of aromatic amines is 1. The van der Waals surface area contributed by atoms with Gasteiger partial charge in [-0.2, -0.15) is 0 Å². The summed E-state index contributed by atoms with van der Waals surface area (Å²) in [5, 5.41) is 3.37. The Bertz CT molecular complexity index is 855. The highest BCUT2D eigenvalue weighted by molar-refractivity contribution is 6.14. The van der Waals surface area contributed by atoms with Crippen LogP contribution in [0.25, 0.3) is 10.9 Å². The number of hydrogen-bond donors (Lipinski definition) is 2. The molecule has 3 rings (SSSR count). The van der Waals surface area contributed by atoms with E-state index in [-0.39, 0.29) is 11.7 Å². The maximum Gasteiger partial charge on any atom is 0.258 e. The van der Waals surface area contributed by atoms with E-state index in [0.29, 0.717) is 33.6 Å². The number of benzene rings is 2. The average Bonchev–Trinajstić information content (AvgIpc) is 2.85. The Morgan fingerprint density at radius 3 is 2.73 bits per heavy atom. The van der Waals surface area contributed by atoms with Crippen LogP contribution in [0.15, 0.2) is 42.5 Å². The quantitative estimate of drug-likeness (QED) is 0.771. The SMILES string of the molecule is COc1ccccc1NC(=O)c1c(C)[nH]c2c(F)cccc12. The number of H-pyrrole nitrogens is 1. The maximum atomic E-state index is 13.8. The molecule has 22 heavy (non-hydrogen) atoms. The number of anilines is 1. The number of rotatable bonds is 3. The standard InChI is InChI=1S/C17H15FN2O2/c1-10-15(11-6-5-7-12(18)16(11)19-10)17(21)20-13-8-3-4-9-14(13)22-2/h3-9,19H,1-2H3,(H,20,21). The van der Waals surface area contributed by atoms with Crippen LogP contribution in [-0.4, -0.2) is 18.0 Å². The molecule has 2 N–H and O–H groups in total. The van der Waals surface area contributed by atoms with E-state index in [1.54, 1.807) is 37.3 Å². The van der Waals surface area contributed by atoms with Crippen molar-refractivity contribution in [3.63, 3.8) is 0 Å². The van der Waals surface area contributed by atoms with Crippen molar-refractivity contribution in [2.75, 3.05) is 12.4 Å². The van der Waals surface area contributed by atoms with Gasteiger partial charge in [-0.3, -0.25) is 4.79 Å². The molecule has 0 fully saturated rings. The normalized spacial score (nSPS) is 10.7. The molecule has 0 unspecified atom stereocenters. The van der Waals surface area contributed by atoms with Crippen molar-refractivity contribution in [2.45, 2.75) is 6.92 Å². The van der Waals surface area contributed by atoms with Gasteiger partial charge in [0.25, 0.3) is 5.91 Å². The number of hydrogen-bond acceptors (Lipinski definition) is 2.